The second kappa shape index (κ2) is 8.54. The summed E-state index contributed by atoms with van der Waals surface area (Å²) < 4.78 is 10.1. The maximum absolute atomic E-state index is 11.5. The monoisotopic (exact) mass is 386 g/mol. The predicted octanol–water partition coefficient (Wildman–Crippen LogP) is 3.43. The summed E-state index contributed by atoms with van der Waals surface area (Å²) in [5.41, 5.74) is -2.17. The van der Waals surface area contributed by atoms with Crippen LogP contribution in [-0.4, -0.2) is 22.2 Å². The molecule has 28 heavy (non-hydrogen) atoms. The van der Waals surface area contributed by atoms with Crippen LogP contribution in [0.25, 0.3) is 0 Å². The van der Waals surface area contributed by atoms with E-state index in [1.807, 2.05) is 0 Å². The van der Waals surface area contributed by atoms with E-state index in [1.165, 1.54) is 13.8 Å². The third kappa shape index (κ3) is 4.24. The lowest BCUT2D eigenvalue weighted by Crippen LogP contribution is -2.48. The van der Waals surface area contributed by atoms with Crippen molar-refractivity contribution in [3.05, 3.63) is 59.7 Å². The molecule has 6 nitrogen and oxygen atoms in total. The standard InChI is InChI=1S/C22H26O6/c1-5-21(25,17-7-11-19(12-8-17)27-15(3)23)22(26,6-2)18-9-13-20(14-10-18)28-16(4)24/h7-14,25-26H,5-6H2,1-4H3. The normalized spacial score (nSPS) is 15.2. The molecule has 2 aromatic carbocycles. The molecule has 2 atom stereocenters. The fraction of sp³-hybridized carbons (Fsp3) is 0.364. The Bertz CT molecular complexity index is 756. The molecular formula is C22H26O6. The molecule has 0 fully saturated rings. The van der Waals surface area contributed by atoms with Crippen molar-refractivity contribution < 1.29 is 29.3 Å². The number of ether oxygens (including phenoxy) is 2. The molecule has 0 bridgehead atoms. The Hall–Kier alpha value is -2.70. The van der Waals surface area contributed by atoms with E-state index in [2.05, 4.69) is 0 Å². The summed E-state index contributed by atoms with van der Waals surface area (Å²) in [6.07, 6.45) is 0.492. The Balaban J connectivity index is 2.44. The highest BCUT2D eigenvalue weighted by Gasteiger charge is 2.49. The largest absolute Gasteiger partial charge is 0.427 e. The van der Waals surface area contributed by atoms with Crippen molar-refractivity contribution in [2.75, 3.05) is 0 Å². The number of rotatable bonds is 7. The smallest absolute Gasteiger partial charge is 0.308 e. The van der Waals surface area contributed by atoms with Crippen molar-refractivity contribution in [1.82, 2.24) is 0 Å². The summed E-state index contributed by atoms with van der Waals surface area (Å²) in [7, 11) is 0. The van der Waals surface area contributed by atoms with Crippen molar-refractivity contribution in [3.63, 3.8) is 0 Å². The van der Waals surface area contributed by atoms with E-state index in [9.17, 15) is 19.8 Å². The molecule has 150 valence electrons. The minimum atomic E-state index is -1.58. The van der Waals surface area contributed by atoms with Gasteiger partial charge in [-0.15, -0.1) is 0 Å². The van der Waals surface area contributed by atoms with Crippen LogP contribution >= 0.6 is 0 Å². The lowest BCUT2D eigenvalue weighted by Gasteiger charge is -2.43. The van der Waals surface area contributed by atoms with Crippen molar-refractivity contribution in [2.24, 2.45) is 0 Å². The van der Waals surface area contributed by atoms with Crippen LogP contribution in [0.15, 0.2) is 48.5 Å². The number of carbonyl (C=O) groups is 2. The number of aliphatic hydroxyl groups is 2. The van der Waals surface area contributed by atoms with E-state index < -0.39 is 23.1 Å². The molecule has 0 heterocycles. The maximum Gasteiger partial charge on any atom is 0.308 e. The van der Waals surface area contributed by atoms with Gasteiger partial charge >= 0.3 is 11.9 Å². The number of esters is 2. The van der Waals surface area contributed by atoms with Crippen LogP contribution in [0.3, 0.4) is 0 Å². The van der Waals surface area contributed by atoms with Crippen LogP contribution < -0.4 is 9.47 Å². The lowest BCUT2D eigenvalue weighted by molar-refractivity contribution is -0.169. The fourth-order valence-electron chi connectivity index (χ4n) is 3.40. The molecule has 2 N–H and O–H groups in total. The summed E-state index contributed by atoms with van der Waals surface area (Å²) in [6, 6.07) is 12.9. The molecule has 0 aliphatic rings. The molecule has 0 spiro atoms. The molecular weight excluding hydrogens is 360 g/mol. The van der Waals surface area contributed by atoms with Gasteiger partial charge in [0.05, 0.1) is 0 Å². The highest BCUT2D eigenvalue weighted by atomic mass is 16.5. The second-order valence-electron chi connectivity index (χ2n) is 6.66. The zero-order chi connectivity index (χ0) is 20.9. The summed E-state index contributed by atoms with van der Waals surface area (Å²) in [5.74, 6) is -0.145. The molecule has 2 aromatic rings. The van der Waals surface area contributed by atoms with Crippen LogP contribution in [0.2, 0.25) is 0 Å². The summed E-state index contributed by atoms with van der Waals surface area (Å²) >= 11 is 0. The number of benzene rings is 2. The van der Waals surface area contributed by atoms with Crippen molar-refractivity contribution in [3.8, 4) is 11.5 Å². The Morgan fingerprint density at radius 1 is 0.714 bits per heavy atom. The van der Waals surface area contributed by atoms with Gasteiger partial charge < -0.3 is 19.7 Å². The SMILES string of the molecule is CCC(O)(c1ccc(OC(C)=O)cc1)C(O)(CC)c1ccc(OC(C)=O)cc1. The van der Waals surface area contributed by atoms with E-state index in [0.29, 0.717) is 22.6 Å². The minimum absolute atomic E-state index is 0.246. The lowest BCUT2D eigenvalue weighted by atomic mass is 9.70. The number of carbonyl (C=O) groups excluding carboxylic acids is 2. The van der Waals surface area contributed by atoms with Crippen LogP contribution in [0.5, 0.6) is 11.5 Å². The Kier molecular flexibility index (Phi) is 6.59. The molecule has 0 amide bonds. The molecule has 0 aliphatic heterocycles. The summed E-state index contributed by atoms with van der Waals surface area (Å²) in [6.45, 7) is 6.19. The summed E-state index contributed by atoms with van der Waals surface area (Å²) in [4.78, 5) is 22.2. The quantitative estimate of drug-likeness (QED) is 0.559. The number of hydrogen-bond acceptors (Lipinski definition) is 6. The number of hydrogen-bond donors (Lipinski definition) is 2. The molecule has 6 heteroatoms. The first-order valence-electron chi connectivity index (χ1n) is 9.19. The van der Waals surface area contributed by atoms with Gasteiger partial charge in [0.25, 0.3) is 0 Å². The minimum Gasteiger partial charge on any atom is -0.427 e. The molecule has 2 rings (SSSR count). The van der Waals surface area contributed by atoms with Crippen molar-refractivity contribution >= 4 is 11.9 Å². The highest BCUT2D eigenvalue weighted by Crippen LogP contribution is 2.46. The Morgan fingerprint density at radius 2 is 1.00 bits per heavy atom. The molecule has 2 unspecified atom stereocenters. The van der Waals surface area contributed by atoms with Gasteiger partial charge in [0.2, 0.25) is 0 Å². The first-order valence-corrected chi connectivity index (χ1v) is 9.19. The van der Waals surface area contributed by atoms with Gasteiger partial charge in [0.1, 0.15) is 22.7 Å². The third-order valence-electron chi connectivity index (χ3n) is 4.89. The van der Waals surface area contributed by atoms with E-state index in [0.717, 1.165) is 0 Å². The van der Waals surface area contributed by atoms with Gasteiger partial charge in [-0.3, -0.25) is 9.59 Å². The molecule has 0 saturated carbocycles. The van der Waals surface area contributed by atoms with Gasteiger partial charge in [0, 0.05) is 13.8 Å². The topological polar surface area (TPSA) is 93.1 Å². The Labute approximate surface area is 164 Å². The zero-order valence-corrected chi connectivity index (χ0v) is 16.6. The first-order chi connectivity index (χ1) is 13.2. The molecule has 0 radical (unpaired) electrons. The highest BCUT2D eigenvalue weighted by molar-refractivity contribution is 5.69. The summed E-state index contributed by atoms with van der Waals surface area (Å²) in [5, 5.41) is 23.0. The molecule has 0 aromatic heterocycles. The maximum atomic E-state index is 11.5. The van der Waals surface area contributed by atoms with Gasteiger partial charge in [-0.2, -0.15) is 0 Å². The predicted molar refractivity (Wildman–Crippen MR) is 104 cm³/mol. The van der Waals surface area contributed by atoms with Crippen LogP contribution in [0, 0.1) is 0 Å². The van der Waals surface area contributed by atoms with Gasteiger partial charge in [-0.25, -0.2) is 0 Å². The molecule has 0 saturated heterocycles. The van der Waals surface area contributed by atoms with Gasteiger partial charge in [-0.05, 0) is 48.2 Å². The average Bonchev–Trinajstić information content (AvgIpc) is 2.67. The van der Waals surface area contributed by atoms with E-state index in [-0.39, 0.29) is 12.8 Å². The van der Waals surface area contributed by atoms with Crippen LogP contribution in [0.4, 0.5) is 0 Å². The van der Waals surface area contributed by atoms with E-state index in [4.69, 9.17) is 9.47 Å². The van der Waals surface area contributed by atoms with Crippen molar-refractivity contribution in [1.29, 1.82) is 0 Å². The van der Waals surface area contributed by atoms with E-state index >= 15 is 0 Å². The van der Waals surface area contributed by atoms with Crippen LogP contribution in [0.1, 0.15) is 51.7 Å². The second-order valence-corrected chi connectivity index (χ2v) is 6.66. The van der Waals surface area contributed by atoms with Gasteiger partial charge in [0.15, 0.2) is 0 Å². The third-order valence-corrected chi connectivity index (χ3v) is 4.89. The first kappa shape index (κ1) is 21.6. The fourth-order valence-corrected chi connectivity index (χ4v) is 3.40. The van der Waals surface area contributed by atoms with E-state index in [1.54, 1.807) is 62.4 Å². The zero-order valence-electron chi connectivity index (χ0n) is 16.6. The van der Waals surface area contributed by atoms with Crippen LogP contribution in [-0.2, 0) is 20.8 Å². The Morgan fingerprint density at radius 3 is 1.21 bits per heavy atom. The van der Waals surface area contributed by atoms with Gasteiger partial charge in [-0.1, -0.05) is 38.1 Å². The average molecular weight is 386 g/mol. The van der Waals surface area contributed by atoms with Crippen molar-refractivity contribution in [2.45, 2.75) is 51.7 Å². The molecule has 0 aliphatic carbocycles.